The van der Waals surface area contributed by atoms with Gasteiger partial charge in [0.2, 0.25) is 5.91 Å². The third kappa shape index (κ3) is 3.40. The molecule has 0 saturated heterocycles. The number of nitrogens with one attached hydrogen (secondary N) is 1. The van der Waals surface area contributed by atoms with Crippen LogP contribution in [0, 0.1) is 0 Å². The van der Waals surface area contributed by atoms with E-state index in [0.717, 1.165) is 29.7 Å². The number of pyridine rings is 1. The number of ether oxygens (including phenoxy) is 1. The van der Waals surface area contributed by atoms with Gasteiger partial charge in [-0.25, -0.2) is 4.98 Å². The number of amides is 1. The quantitative estimate of drug-likeness (QED) is 0.742. The van der Waals surface area contributed by atoms with Gasteiger partial charge in [0, 0.05) is 24.4 Å². The summed E-state index contributed by atoms with van der Waals surface area (Å²) >= 11 is 0. The van der Waals surface area contributed by atoms with Crippen LogP contribution >= 0.6 is 0 Å². The first kappa shape index (κ1) is 16.1. The Balaban J connectivity index is 1.91. The minimum Gasteiger partial charge on any atom is -0.495 e. The zero-order valence-electron chi connectivity index (χ0n) is 14.0. The lowest BCUT2D eigenvalue weighted by Crippen LogP contribution is -2.11. The SMILES string of the molecule is CCCCC(=O)Nc1cc(-c2cn3ccccc3n2)ccc1OC. The van der Waals surface area contributed by atoms with Crippen LogP contribution in [0.5, 0.6) is 5.75 Å². The van der Waals surface area contributed by atoms with Crippen molar-refractivity contribution in [1.82, 2.24) is 9.38 Å². The minimum absolute atomic E-state index is 0.00213. The van der Waals surface area contributed by atoms with Gasteiger partial charge in [0.25, 0.3) is 0 Å². The second-order valence-corrected chi connectivity index (χ2v) is 5.66. The van der Waals surface area contributed by atoms with Crippen LogP contribution in [0.3, 0.4) is 0 Å². The first-order chi connectivity index (χ1) is 11.7. The molecule has 0 aliphatic heterocycles. The highest BCUT2D eigenvalue weighted by atomic mass is 16.5. The van der Waals surface area contributed by atoms with Crippen molar-refractivity contribution in [2.24, 2.45) is 0 Å². The molecule has 0 aliphatic carbocycles. The number of imidazole rings is 1. The molecule has 0 unspecified atom stereocenters. The number of unbranched alkanes of at least 4 members (excludes halogenated alkanes) is 1. The van der Waals surface area contributed by atoms with Gasteiger partial charge in [-0.2, -0.15) is 0 Å². The number of rotatable bonds is 6. The molecule has 0 fully saturated rings. The van der Waals surface area contributed by atoms with E-state index in [1.165, 1.54) is 0 Å². The molecule has 0 radical (unpaired) electrons. The van der Waals surface area contributed by atoms with Gasteiger partial charge in [-0.05, 0) is 36.8 Å². The molecule has 5 heteroatoms. The molecule has 3 aromatic rings. The van der Waals surface area contributed by atoms with E-state index < -0.39 is 0 Å². The number of carbonyl (C=O) groups is 1. The lowest BCUT2D eigenvalue weighted by molar-refractivity contribution is -0.116. The third-order valence-electron chi connectivity index (χ3n) is 3.89. The fourth-order valence-electron chi connectivity index (χ4n) is 2.59. The summed E-state index contributed by atoms with van der Waals surface area (Å²) in [4.78, 5) is 16.7. The molecule has 1 aromatic carbocycles. The number of hydrogen-bond acceptors (Lipinski definition) is 3. The Morgan fingerprint density at radius 3 is 2.92 bits per heavy atom. The van der Waals surface area contributed by atoms with Gasteiger partial charge in [0.15, 0.2) is 0 Å². The van der Waals surface area contributed by atoms with Crippen LogP contribution in [0.4, 0.5) is 5.69 Å². The van der Waals surface area contributed by atoms with Gasteiger partial charge in [-0.1, -0.05) is 19.4 Å². The molecule has 124 valence electrons. The number of hydrogen-bond donors (Lipinski definition) is 1. The number of methoxy groups -OCH3 is 1. The summed E-state index contributed by atoms with van der Waals surface area (Å²) in [5.74, 6) is 0.648. The lowest BCUT2D eigenvalue weighted by Gasteiger charge is -2.11. The largest absolute Gasteiger partial charge is 0.495 e. The van der Waals surface area contributed by atoms with Gasteiger partial charge < -0.3 is 14.5 Å². The van der Waals surface area contributed by atoms with Crippen molar-refractivity contribution in [1.29, 1.82) is 0 Å². The Hall–Kier alpha value is -2.82. The van der Waals surface area contributed by atoms with Crippen molar-refractivity contribution in [3.63, 3.8) is 0 Å². The maximum atomic E-state index is 12.0. The van der Waals surface area contributed by atoms with Gasteiger partial charge in [-0.3, -0.25) is 4.79 Å². The molecule has 0 spiro atoms. The Morgan fingerprint density at radius 1 is 1.29 bits per heavy atom. The summed E-state index contributed by atoms with van der Waals surface area (Å²) in [6.07, 6.45) is 6.31. The summed E-state index contributed by atoms with van der Waals surface area (Å²) in [5, 5.41) is 2.94. The van der Waals surface area contributed by atoms with Crippen molar-refractivity contribution >= 4 is 17.2 Å². The van der Waals surface area contributed by atoms with E-state index in [2.05, 4.69) is 17.2 Å². The molecule has 24 heavy (non-hydrogen) atoms. The average Bonchev–Trinajstić information content (AvgIpc) is 3.04. The monoisotopic (exact) mass is 323 g/mol. The maximum absolute atomic E-state index is 12.0. The van der Waals surface area contributed by atoms with Gasteiger partial charge in [0.1, 0.15) is 11.4 Å². The molecular formula is C19H21N3O2. The first-order valence-corrected chi connectivity index (χ1v) is 8.13. The van der Waals surface area contributed by atoms with Crippen LogP contribution in [-0.4, -0.2) is 22.4 Å². The molecule has 0 saturated carbocycles. The average molecular weight is 323 g/mol. The van der Waals surface area contributed by atoms with Crippen molar-refractivity contribution < 1.29 is 9.53 Å². The van der Waals surface area contributed by atoms with Crippen LogP contribution < -0.4 is 10.1 Å². The Morgan fingerprint density at radius 2 is 2.17 bits per heavy atom. The molecule has 0 aliphatic rings. The predicted octanol–water partition coefficient (Wildman–Crippen LogP) is 4.14. The minimum atomic E-state index is 0.00213. The zero-order valence-corrected chi connectivity index (χ0v) is 14.0. The first-order valence-electron chi connectivity index (χ1n) is 8.13. The van der Waals surface area contributed by atoms with E-state index in [4.69, 9.17) is 4.74 Å². The number of anilines is 1. The second kappa shape index (κ2) is 7.17. The van der Waals surface area contributed by atoms with Crippen LogP contribution in [0.1, 0.15) is 26.2 Å². The molecular weight excluding hydrogens is 302 g/mol. The smallest absolute Gasteiger partial charge is 0.224 e. The fourth-order valence-corrected chi connectivity index (χ4v) is 2.59. The predicted molar refractivity (Wildman–Crippen MR) is 95.3 cm³/mol. The second-order valence-electron chi connectivity index (χ2n) is 5.66. The fraction of sp³-hybridized carbons (Fsp3) is 0.263. The molecule has 5 nitrogen and oxygen atoms in total. The topological polar surface area (TPSA) is 55.6 Å². The van der Waals surface area contributed by atoms with E-state index in [-0.39, 0.29) is 5.91 Å². The Bertz CT molecular complexity index is 822. The van der Waals surface area contributed by atoms with E-state index >= 15 is 0 Å². The molecule has 2 heterocycles. The zero-order chi connectivity index (χ0) is 16.9. The van der Waals surface area contributed by atoms with Crippen molar-refractivity contribution in [2.75, 3.05) is 12.4 Å². The maximum Gasteiger partial charge on any atom is 0.224 e. The summed E-state index contributed by atoms with van der Waals surface area (Å²) in [6.45, 7) is 2.07. The van der Waals surface area contributed by atoms with E-state index in [1.54, 1.807) is 7.11 Å². The van der Waals surface area contributed by atoms with Crippen LogP contribution in [0.15, 0.2) is 48.8 Å². The summed E-state index contributed by atoms with van der Waals surface area (Å²) < 4.78 is 7.33. The highest BCUT2D eigenvalue weighted by Crippen LogP contribution is 2.30. The number of aromatic nitrogens is 2. The summed E-state index contributed by atoms with van der Waals surface area (Å²) in [6, 6.07) is 11.6. The van der Waals surface area contributed by atoms with Crippen molar-refractivity contribution in [3.05, 3.63) is 48.8 Å². The van der Waals surface area contributed by atoms with E-state index in [1.807, 2.05) is 53.2 Å². The Kier molecular flexibility index (Phi) is 4.79. The van der Waals surface area contributed by atoms with Gasteiger partial charge in [0.05, 0.1) is 18.5 Å². The van der Waals surface area contributed by atoms with Crippen LogP contribution in [0.25, 0.3) is 16.9 Å². The van der Waals surface area contributed by atoms with Gasteiger partial charge >= 0.3 is 0 Å². The molecule has 2 aromatic heterocycles. The lowest BCUT2D eigenvalue weighted by atomic mass is 10.1. The number of carbonyl (C=O) groups excluding carboxylic acids is 1. The van der Waals surface area contributed by atoms with Gasteiger partial charge in [-0.15, -0.1) is 0 Å². The number of benzene rings is 1. The van der Waals surface area contributed by atoms with E-state index in [9.17, 15) is 4.79 Å². The molecule has 0 bridgehead atoms. The molecule has 1 N–H and O–H groups in total. The molecule has 0 atom stereocenters. The van der Waals surface area contributed by atoms with Crippen LogP contribution in [0.2, 0.25) is 0 Å². The number of fused-ring (bicyclic) bond motifs is 1. The van der Waals surface area contributed by atoms with Crippen molar-refractivity contribution in [3.8, 4) is 17.0 Å². The highest BCUT2D eigenvalue weighted by Gasteiger charge is 2.11. The van der Waals surface area contributed by atoms with Crippen molar-refractivity contribution in [2.45, 2.75) is 26.2 Å². The standard InChI is InChI=1S/C19H21N3O2/c1-3-4-8-19(23)21-15-12-14(9-10-17(15)24-2)16-13-22-11-6-5-7-18(22)20-16/h5-7,9-13H,3-4,8H2,1-2H3,(H,21,23). The third-order valence-corrected chi connectivity index (χ3v) is 3.89. The molecule has 3 rings (SSSR count). The Labute approximate surface area is 141 Å². The molecule has 1 amide bonds. The highest BCUT2D eigenvalue weighted by molar-refractivity contribution is 5.93. The summed E-state index contributed by atoms with van der Waals surface area (Å²) in [7, 11) is 1.60. The number of nitrogens with zero attached hydrogens (tertiary/aromatic N) is 2. The summed E-state index contributed by atoms with van der Waals surface area (Å²) in [5.41, 5.74) is 3.35. The normalized spacial score (nSPS) is 10.8. The van der Waals surface area contributed by atoms with E-state index in [0.29, 0.717) is 17.9 Å². The van der Waals surface area contributed by atoms with Crippen LogP contribution in [-0.2, 0) is 4.79 Å².